The van der Waals surface area contributed by atoms with E-state index in [0.717, 1.165) is 16.5 Å². The fourth-order valence-corrected chi connectivity index (χ4v) is 2.40. The van der Waals surface area contributed by atoms with E-state index in [0.29, 0.717) is 17.7 Å². The molecule has 2 rings (SSSR count). The van der Waals surface area contributed by atoms with Crippen LogP contribution in [-0.4, -0.2) is 29.8 Å². The molecule has 0 aliphatic heterocycles. The number of esters is 1. The van der Waals surface area contributed by atoms with Crippen LogP contribution < -0.4 is 5.32 Å². The van der Waals surface area contributed by atoms with Crippen LogP contribution in [0.15, 0.2) is 48.1 Å². The molecule has 0 spiro atoms. The Labute approximate surface area is 157 Å². The third kappa shape index (κ3) is 5.60. The van der Waals surface area contributed by atoms with Gasteiger partial charge in [-0.2, -0.15) is 0 Å². The molecule has 1 amide bonds. The first-order valence-electron chi connectivity index (χ1n) is 8.58. The minimum Gasteiger partial charge on any atom is -0.466 e. The molecule has 0 aliphatic rings. The second-order valence-corrected chi connectivity index (χ2v) is 5.91. The van der Waals surface area contributed by atoms with Crippen LogP contribution in [0.1, 0.15) is 31.5 Å². The Kier molecular flexibility index (Phi) is 7.00. The van der Waals surface area contributed by atoms with E-state index in [2.05, 4.69) is 15.0 Å². The Morgan fingerprint density at radius 2 is 1.96 bits per heavy atom. The van der Waals surface area contributed by atoms with Crippen molar-refractivity contribution in [2.45, 2.75) is 26.8 Å². The molecule has 0 fully saturated rings. The van der Waals surface area contributed by atoms with Crippen LogP contribution in [0.5, 0.6) is 0 Å². The van der Waals surface area contributed by atoms with Crippen LogP contribution in [0.2, 0.25) is 0 Å². The lowest BCUT2D eigenvalue weighted by Crippen LogP contribution is -2.24. The van der Waals surface area contributed by atoms with Gasteiger partial charge in [-0.1, -0.05) is 25.1 Å². The molecule has 1 N–H and O–H groups in total. The van der Waals surface area contributed by atoms with Crippen LogP contribution >= 0.6 is 0 Å². The summed E-state index contributed by atoms with van der Waals surface area (Å²) in [6.07, 6.45) is 4.53. The first-order valence-corrected chi connectivity index (χ1v) is 8.58. The number of methoxy groups -OCH3 is 1. The number of allylic oxidation sites excluding steroid dienone is 1. The lowest BCUT2D eigenvalue weighted by Gasteiger charge is -2.10. The van der Waals surface area contributed by atoms with E-state index in [-0.39, 0.29) is 18.2 Å². The van der Waals surface area contributed by atoms with Gasteiger partial charge in [0, 0.05) is 30.0 Å². The molecule has 0 aliphatic carbocycles. The summed E-state index contributed by atoms with van der Waals surface area (Å²) in [5.41, 5.74) is 2.44. The standard InChI is InChI=1S/C21H22N2O4/c1-4-17(24)11-14(2)21(26)22-13-16-12-15-7-5-6-8-18(15)23-19(16)9-10-20(25)27-3/h5-12H,4,13H2,1-3H3,(H,22,26)/b10-9+,14-11+. The molecular formula is C21H22N2O4. The SMILES string of the molecule is CCC(=O)/C=C(\C)C(=O)NCc1cc2ccccc2nc1/C=C/C(=O)OC. The number of ether oxygens (including phenoxy) is 1. The molecule has 0 atom stereocenters. The fraction of sp³-hybridized carbons (Fsp3) is 0.238. The molecule has 0 saturated carbocycles. The third-order valence-electron chi connectivity index (χ3n) is 3.94. The molecule has 6 heteroatoms. The van der Waals surface area contributed by atoms with Gasteiger partial charge in [-0.25, -0.2) is 9.78 Å². The molecule has 1 heterocycles. The van der Waals surface area contributed by atoms with Crippen molar-refractivity contribution in [1.29, 1.82) is 0 Å². The maximum Gasteiger partial charge on any atom is 0.330 e. The molecule has 140 valence electrons. The number of ketones is 1. The van der Waals surface area contributed by atoms with Gasteiger partial charge in [0.25, 0.3) is 0 Å². The van der Waals surface area contributed by atoms with Crippen molar-refractivity contribution >= 4 is 34.6 Å². The highest BCUT2D eigenvalue weighted by atomic mass is 16.5. The van der Waals surface area contributed by atoms with Gasteiger partial charge in [0.15, 0.2) is 5.78 Å². The number of hydrogen-bond donors (Lipinski definition) is 1. The summed E-state index contributed by atoms with van der Waals surface area (Å²) in [5, 5.41) is 3.71. The number of rotatable bonds is 7. The van der Waals surface area contributed by atoms with E-state index in [1.54, 1.807) is 19.9 Å². The van der Waals surface area contributed by atoms with E-state index >= 15 is 0 Å². The largest absolute Gasteiger partial charge is 0.466 e. The smallest absolute Gasteiger partial charge is 0.330 e. The predicted molar refractivity (Wildman–Crippen MR) is 104 cm³/mol. The van der Waals surface area contributed by atoms with Gasteiger partial charge in [-0.15, -0.1) is 0 Å². The van der Waals surface area contributed by atoms with Crippen molar-refractivity contribution in [3.05, 3.63) is 59.3 Å². The van der Waals surface area contributed by atoms with Gasteiger partial charge in [0.1, 0.15) is 0 Å². The van der Waals surface area contributed by atoms with Crippen molar-refractivity contribution in [1.82, 2.24) is 10.3 Å². The molecule has 0 bridgehead atoms. The Morgan fingerprint density at radius 3 is 2.67 bits per heavy atom. The van der Waals surface area contributed by atoms with Crippen LogP contribution in [0.25, 0.3) is 17.0 Å². The molecule has 6 nitrogen and oxygen atoms in total. The van der Waals surface area contributed by atoms with Crippen molar-refractivity contribution in [3.63, 3.8) is 0 Å². The topological polar surface area (TPSA) is 85.4 Å². The summed E-state index contributed by atoms with van der Waals surface area (Å²) >= 11 is 0. The normalized spacial score (nSPS) is 11.6. The van der Waals surface area contributed by atoms with Crippen LogP contribution in [0.3, 0.4) is 0 Å². The fourth-order valence-electron chi connectivity index (χ4n) is 2.40. The van der Waals surface area contributed by atoms with Crippen molar-refractivity contribution in [3.8, 4) is 0 Å². The second kappa shape index (κ2) is 9.43. The van der Waals surface area contributed by atoms with E-state index < -0.39 is 5.97 Å². The van der Waals surface area contributed by atoms with Crippen molar-refractivity contribution < 1.29 is 19.1 Å². The van der Waals surface area contributed by atoms with Crippen LogP contribution in [0, 0.1) is 0 Å². The average Bonchev–Trinajstić information content (AvgIpc) is 2.69. The number of benzene rings is 1. The lowest BCUT2D eigenvalue weighted by molar-refractivity contribution is -0.134. The van der Waals surface area contributed by atoms with Crippen LogP contribution in [0.4, 0.5) is 0 Å². The van der Waals surface area contributed by atoms with Gasteiger partial charge < -0.3 is 10.1 Å². The quantitative estimate of drug-likeness (QED) is 0.601. The number of nitrogens with one attached hydrogen (secondary N) is 1. The van der Waals surface area contributed by atoms with Crippen molar-refractivity contribution in [2.75, 3.05) is 7.11 Å². The van der Waals surface area contributed by atoms with E-state index in [4.69, 9.17) is 0 Å². The minimum absolute atomic E-state index is 0.100. The van der Waals surface area contributed by atoms with E-state index in [1.165, 1.54) is 19.3 Å². The molecule has 0 radical (unpaired) electrons. The summed E-state index contributed by atoms with van der Waals surface area (Å²) < 4.78 is 4.61. The molecule has 0 saturated heterocycles. The van der Waals surface area contributed by atoms with Crippen LogP contribution in [-0.2, 0) is 25.7 Å². The minimum atomic E-state index is -0.489. The van der Waals surface area contributed by atoms with Gasteiger partial charge in [-0.05, 0) is 36.8 Å². The molecule has 0 unspecified atom stereocenters. The summed E-state index contributed by atoms with van der Waals surface area (Å²) in [6, 6.07) is 9.49. The summed E-state index contributed by atoms with van der Waals surface area (Å²) in [7, 11) is 1.30. The zero-order valence-electron chi connectivity index (χ0n) is 15.6. The summed E-state index contributed by atoms with van der Waals surface area (Å²) in [6.45, 7) is 3.55. The number of pyridine rings is 1. The number of fused-ring (bicyclic) bond motifs is 1. The Balaban J connectivity index is 2.28. The number of carbonyl (C=O) groups is 3. The van der Waals surface area contributed by atoms with Gasteiger partial charge in [0.2, 0.25) is 5.91 Å². The molecule has 1 aromatic heterocycles. The van der Waals surface area contributed by atoms with E-state index in [9.17, 15) is 14.4 Å². The first-order chi connectivity index (χ1) is 12.9. The maximum atomic E-state index is 12.2. The highest BCUT2D eigenvalue weighted by Crippen LogP contribution is 2.18. The average molecular weight is 366 g/mol. The van der Waals surface area contributed by atoms with Gasteiger partial charge in [0.05, 0.1) is 18.3 Å². The first kappa shape index (κ1) is 20.0. The molecule has 2 aromatic rings. The van der Waals surface area contributed by atoms with Gasteiger partial charge >= 0.3 is 5.97 Å². The number of nitrogens with zero attached hydrogens (tertiary/aromatic N) is 1. The van der Waals surface area contributed by atoms with E-state index in [1.807, 2.05) is 30.3 Å². The Morgan fingerprint density at radius 1 is 1.22 bits per heavy atom. The number of amides is 1. The predicted octanol–water partition coefficient (Wildman–Crippen LogP) is 2.96. The summed E-state index contributed by atoms with van der Waals surface area (Å²) in [4.78, 5) is 39.6. The van der Waals surface area contributed by atoms with Crippen molar-refractivity contribution in [2.24, 2.45) is 0 Å². The summed E-state index contributed by atoms with van der Waals surface area (Å²) in [5.74, 6) is -0.915. The number of carbonyl (C=O) groups excluding carboxylic acids is 3. The monoisotopic (exact) mass is 366 g/mol. The third-order valence-corrected chi connectivity index (χ3v) is 3.94. The highest BCUT2D eigenvalue weighted by molar-refractivity contribution is 6.01. The number of aromatic nitrogens is 1. The Bertz CT molecular complexity index is 929. The molecular weight excluding hydrogens is 344 g/mol. The second-order valence-electron chi connectivity index (χ2n) is 5.91. The highest BCUT2D eigenvalue weighted by Gasteiger charge is 2.10. The number of para-hydroxylation sites is 1. The zero-order valence-corrected chi connectivity index (χ0v) is 15.6. The zero-order chi connectivity index (χ0) is 19.8. The molecule has 27 heavy (non-hydrogen) atoms. The molecule has 1 aromatic carbocycles. The Hall–Kier alpha value is -3.28. The van der Waals surface area contributed by atoms with Gasteiger partial charge in [-0.3, -0.25) is 9.59 Å². The maximum absolute atomic E-state index is 12.2. The lowest BCUT2D eigenvalue weighted by atomic mass is 10.1. The number of hydrogen-bond acceptors (Lipinski definition) is 5.